The topological polar surface area (TPSA) is 3.24 Å². The first-order chi connectivity index (χ1) is 14.6. The van der Waals surface area contributed by atoms with Gasteiger partial charge in [0.2, 0.25) is 0 Å². The molecule has 172 valence electrons. The van der Waals surface area contributed by atoms with Crippen molar-refractivity contribution < 1.29 is 0 Å². The predicted octanol–water partition coefficient (Wildman–Crippen LogP) is 8.51. The van der Waals surface area contributed by atoms with E-state index in [2.05, 4.69) is 46.8 Å². The number of rotatable bonds is 5. The summed E-state index contributed by atoms with van der Waals surface area (Å²) >= 11 is 3.81. The number of hydrogen-bond acceptors (Lipinski definition) is 1. The molecule has 0 aromatic heterocycles. The van der Waals surface area contributed by atoms with Crippen LogP contribution in [-0.4, -0.2) is 27.9 Å². The van der Waals surface area contributed by atoms with Gasteiger partial charge in [0, 0.05) is 23.0 Å². The van der Waals surface area contributed by atoms with Gasteiger partial charge in [-0.3, -0.25) is 4.90 Å². The Labute approximate surface area is 196 Å². The lowest BCUT2D eigenvalue weighted by Gasteiger charge is -2.49. The average molecular weight is 479 g/mol. The van der Waals surface area contributed by atoms with Gasteiger partial charge in [-0.05, 0) is 126 Å². The molecule has 0 aromatic rings. The molecule has 0 unspecified atom stereocenters. The highest BCUT2D eigenvalue weighted by Crippen LogP contribution is 2.39. The van der Waals surface area contributed by atoms with E-state index in [1.54, 1.807) is 0 Å². The molecule has 0 spiro atoms. The van der Waals surface area contributed by atoms with Crippen molar-refractivity contribution in [3.8, 4) is 0 Å². The van der Waals surface area contributed by atoms with Crippen LogP contribution in [0.15, 0.2) is 12.2 Å². The summed E-state index contributed by atoms with van der Waals surface area (Å²) in [6, 6.07) is 2.68. The maximum atomic E-state index is 3.81. The monoisotopic (exact) mass is 477 g/mol. The third-order valence-corrected chi connectivity index (χ3v) is 10.2. The summed E-state index contributed by atoms with van der Waals surface area (Å²) in [5.41, 5.74) is 0. The zero-order valence-electron chi connectivity index (χ0n) is 19.9. The lowest BCUT2D eigenvalue weighted by Crippen LogP contribution is -2.52. The smallest absolute Gasteiger partial charge is 0.0146 e. The molecular weight excluding hydrogens is 430 g/mol. The van der Waals surface area contributed by atoms with Crippen molar-refractivity contribution in [2.75, 3.05) is 0 Å². The van der Waals surface area contributed by atoms with Gasteiger partial charge in [-0.1, -0.05) is 41.9 Å². The first kappa shape index (κ1) is 23.3. The van der Waals surface area contributed by atoms with Gasteiger partial charge in [-0.15, -0.1) is 0 Å². The number of hydrogen-bond donors (Lipinski definition) is 0. The fourth-order valence-electron chi connectivity index (χ4n) is 7.15. The van der Waals surface area contributed by atoms with Crippen molar-refractivity contribution in [3.05, 3.63) is 12.2 Å². The number of alkyl halides is 1. The Morgan fingerprint density at radius 1 is 0.500 bits per heavy atom. The van der Waals surface area contributed by atoms with E-state index in [0.29, 0.717) is 0 Å². The van der Waals surface area contributed by atoms with Crippen LogP contribution in [-0.2, 0) is 0 Å². The van der Waals surface area contributed by atoms with Gasteiger partial charge in [0.25, 0.3) is 0 Å². The Morgan fingerprint density at radius 2 is 0.833 bits per heavy atom. The van der Waals surface area contributed by atoms with E-state index in [4.69, 9.17) is 0 Å². The van der Waals surface area contributed by atoms with Gasteiger partial charge in [0.05, 0.1) is 0 Å². The predicted molar refractivity (Wildman–Crippen MR) is 134 cm³/mol. The Kier molecular flexibility index (Phi) is 8.83. The normalized spacial score (nSPS) is 43.9. The van der Waals surface area contributed by atoms with E-state index < -0.39 is 0 Å². The molecule has 30 heavy (non-hydrogen) atoms. The highest BCUT2D eigenvalue weighted by molar-refractivity contribution is 9.09. The Balaban J connectivity index is 1.32. The minimum atomic E-state index is 0.786. The zero-order valence-corrected chi connectivity index (χ0v) is 21.5. The van der Waals surface area contributed by atoms with Crippen molar-refractivity contribution in [3.63, 3.8) is 0 Å². The van der Waals surface area contributed by atoms with E-state index >= 15 is 0 Å². The van der Waals surface area contributed by atoms with Crippen LogP contribution in [0.5, 0.6) is 0 Å². The summed E-state index contributed by atoms with van der Waals surface area (Å²) in [6.45, 7) is 4.95. The third kappa shape index (κ3) is 6.37. The zero-order chi connectivity index (χ0) is 20.9. The molecule has 0 aromatic carbocycles. The number of allylic oxidation sites excluding steroid dienone is 2. The molecular formula is C28H48BrN. The average Bonchev–Trinajstić information content (AvgIpc) is 2.77. The lowest BCUT2D eigenvalue weighted by atomic mass is 9.78. The second-order valence-electron chi connectivity index (χ2n) is 11.7. The Morgan fingerprint density at radius 3 is 1.23 bits per heavy atom. The maximum absolute atomic E-state index is 3.81. The Hall–Kier alpha value is 0.180. The molecule has 4 saturated carbocycles. The van der Waals surface area contributed by atoms with Gasteiger partial charge in [0.1, 0.15) is 0 Å². The second-order valence-corrected chi connectivity index (χ2v) is 13.0. The molecule has 4 fully saturated rings. The first-order valence-corrected chi connectivity index (χ1v) is 14.6. The number of halogens is 1. The van der Waals surface area contributed by atoms with Crippen molar-refractivity contribution in [1.82, 2.24) is 4.90 Å². The SMILES string of the molecule is CC1CCC(N(C2CCC(C)CC2)C2CCC(/C=C/C3CCC(Br)CC3)CC2)CC1. The third-order valence-electron chi connectivity index (χ3n) is 9.33. The van der Waals surface area contributed by atoms with Crippen LogP contribution in [0.4, 0.5) is 0 Å². The molecule has 0 heterocycles. The molecule has 2 heteroatoms. The molecule has 4 rings (SSSR count). The molecule has 0 atom stereocenters. The van der Waals surface area contributed by atoms with Crippen LogP contribution in [0.25, 0.3) is 0 Å². The van der Waals surface area contributed by atoms with E-state index in [0.717, 1.165) is 46.6 Å². The molecule has 0 amide bonds. The van der Waals surface area contributed by atoms with Crippen LogP contribution in [0.3, 0.4) is 0 Å². The van der Waals surface area contributed by atoms with Gasteiger partial charge < -0.3 is 0 Å². The molecule has 4 aliphatic carbocycles. The minimum absolute atomic E-state index is 0.786. The van der Waals surface area contributed by atoms with Crippen molar-refractivity contribution in [1.29, 1.82) is 0 Å². The van der Waals surface area contributed by atoms with Crippen molar-refractivity contribution >= 4 is 15.9 Å². The number of nitrogens with zero attached hydrogens (tertiary/aromatic N) is 1. The van der Waals surface area contributed by atoms with E-state index in [1.807, 2.05) is 0 Å². The molecule has 0 saturated heterocycles. The summed E-state index contributed by atoms with van der Waals surface area (Å²) in [5.74, 6) is 3.66. The van der Waals surface area contributed by atoms with Gasteiger partial charge in [-0.25, -0.2) is 0 Å². The second kappa shape index (κ2) is 11.4. The van der Waals surface area contributed by atoms with E-state index in [-0.39, 0.29) is 0 Å². The fourth-order valence-corrected chi connectivity index (χ4v) is 7.68. The van der Waals surface area contributed by atoms with E-state index in [1.165, 1.54) is 103 Å². The molecule has 0 N–H and O–H groups in total. The highest BCUT2D eigenvalue weighted by Gasteiger charge is 2.37. The quantitative estimate of drug-likeness (QED) is 0.283. The van der Waals surface area contributed by atoms with Crippen LogP contribution >= 0.6 is 15.9 Å². The minimum Gasteiger partial charge on any atom is -0.294 e. The van der Waals surface area contributed by atoms with Crippen molar-refractivity contribution in [2.24, 2.45) is 23.7 Å². The fraction of sp³-hybridized carbons (Fsp3) is 0.929. The summed E-state index contributed by atoms with van der Waals surface area (Å²) in [7, 11) is 0. The van der Waals surface area contributed by atoms with Crippen LogP contribution in [0.2, 0.25) is 0 Å². The molecule has 0 aliphatic heterocycles. The first-order valence-electron chi connectivity index (χ1n) is 13.7. The van der Waals surface area contributed by atoms with Crippen LogP contribution < -0.4 is 0 Å². The summed E-state index contributed by atoms with van der Waals surface area (Å²) < 4.78 is 0. The molecule has 0 radical (unpaired) electrons. The van der Waals surface area contributed by atoms with Crippen molar-refractivity contribution in [2.45, 2.75) is 140 Å². The van der Waals surface area contributed by atoms with Gasteiger partial charge >= 0.3 is 0 Å². The molecule has 0 bridgehead atoms. The van der Waals surface area contributed by atoms with Gasteiger partial charge in [-0.2, -0.15) is 0 Å². The Bertz CT molecular complexity index is 491. The molecule has 1 nitrogen and oxygen atoms in total. The summed E-state index contributed by atoms with van der Waals surface area (Å²) in [4.78, 5) is 3.92. The van der Waals surface area contributed by atoms with E-state index in [9.17, 15) is 0 Å². The highest BCUT2D eigenvalue weighted by atomic mass is 79.9. The van der Waals surface area contributed by atoms with Gasteiger partial charge in [0.15, 0.2) is 0 Å². The lowest BCUT2D eigenvalue weighted by molar-refractivity contribution is 0.00813. The summed E-state index contributed by atoms with van der Waals surface area (Å²) in [5, 5.41) is 0. The van der Waals surface area contributed by atoms with Crippen LogP contribution in [0.1, 0.15) is 117 Å². The standard InChI is InChI=1S/C28H48BrN/c1-21-3-15-26(16-4-21)30(27-17-5-22(2)6-18-27)28-19-11-24(12-20-28)8-7-23-9-13-25(29)14-10-23/h7-8,21-28H,3-6,9-20H2,1-2H3/b8-7+. The summed E-state index contributed by atoms with van der Waals surface area (Å²) in [6.07, 6.45) is 28.4. The van der Waals surface area contributed by atoms with Crippen LogP contribution in [0, 0.1) is 23.7 Å². The molecule has 4 aliphatic rings. The largest absolute Gasteiger partial charge is 0.294 e. The maximum Gasteiger partial charge on any atom is 0.0146 e.